The van der Waals surface area contributed by atoms with E-state index < -0.39 is 0 Å². The van der Waals surface area contributed by atoms with Crippen molar-refractivity contribution >= 4 is 37.8 Å². The molecule has 1 fully saturated rings. The molecule has 0 unspecified atom stereocenters. The van der Waals surface area contributed by atoms with E-state index in [4.69, 9.17) is 0 Å². The summed E-state index contributed by atoms with van der Waals surface area (Å²) >= 11 is 6.87. The van der Waals surface area contributed by atoms with Gasteiger partial charge in [-0.25, -0.2) is 0 Å². The fourth-order valence-electron chi connectivity index (χ4n) is 2.80. The van der Waals surface area contributed by atoms with E-state index >= 15 is 0 Å². The molecule has 0 radical (unpaired) electrons. The zero-order valence-electron chi connectivity index (χ0n) is 11.8. The van der Waals surface area contributed by atoms with Gasteiger partial charge in [0.25, 0.3) is 5.91 Å². The van der Waals surface area contributed by atoms with E-state index in [1.807, 2.05) is 37.2 Å². The second kappa shape index (κ2) is 7.05. The predicted molar refractivity (Wildman–Crippen MR) is 89.0 cm³/mol. The van der Waals surface area contributed by atoms with Crippen molar-refractivity contribution in [1.82, 2.24) is 10.2 Å². The van der Waals surface area contributed by atoms with Crippen LogP contribution in [0.3, 0.4) is 0 Å². The summed E-state index contributed by atoms with van der Waals surface area (Å²) in [4.78, 5) is 14.5. The van der Waals surface area contributed by atoms with Gasteiger partial charge in [-0.2, -0.15) is 0 Å². The molecule has 20 heavy (non-hydrogen) atoms. The minimum absolute atomic E-state index is 0.0971. The number of nitrogens with zero attached hydrogens (tertiary/aromatic N) is 1. The van der Waals surface area contributed by atoms with Crippen molar-refractivity contribution in [2.75, 3.05) is 14.1 Å². The number of halogens is 2. The fourth-order valence-corrected chi connectivity index (χ4v) is 4.09. The van der Waals surface area contributed by atoms with Crippen LogP contribution in [0.5, 0.6) is 0 Å². The maximum absolute atomic E-state index is 12.6. The Morgan fingerprint density at radius 3 is 2.20 bits per heavy atom. The Hall–Kier alpha value is -0.390. The third-order valence-electron chi connectivity index (χ3n) is 4.08. The molecule has 1 amide bonds. The molecule has 1 N–H and O–H groups in total. The lowest BCUT2D eigenvalue weighted by Crippen LogP contribution is -2.42. The van der Waals surface area contributed by atoms with Crippen LogP contribution in [0, 0.1) is 0 Å². The van der Waals surface area contributed by atoms with Crippen LogP contribution in [0.25, 0.3) is 0 Å². The number of carbonyl (C=O) groups is 1. The summed E-state index contributed by atoms with van der Waals surface area (Å²) in [7, 11) is 3.93. The lowest BCUT2D eigenvalue weighted by molar-refractivity contribution is 0.0685. The Balaban J connectivity index is 2.05. The van der Waals surface area contributed by atoms with E-state index in [1.165, 1.54) is 0 Å². The Morgan fingerprint density at radius 1 is 1.15 bits per heavy atom. The molecule has 0 heterocycles. The van der Waals surface area contributed by atoms with Gasteiger partial charge in [0.15, 0.2) is 0 Å². The highest BCUT2D eigenvalue weighted by Crippen LogP contribution is 2.25. The SMILES string of the molecule is CNC1CCC(N(C)C(=O)c2cc(Br)cc(Br)c2)CC1. The maximum Gasteiger partial charge on any atom is 0.253 e. The Kier molecular flexibility index (Phi) is 5.64. The van der Waals surface area contributed by atoms with Crippen molar-refractivity contribution in [3.8, 4) is 0 Å². The van der Waals surface area contributed by atoms with Crippen molar-refractivity contribution in [2.45, 2.75) is 37.8 Å². The number of carbonyl (C=O) groups excluding carboxylic acids is 1. The second-order valence-electron chi connectivity index (χ2n) is 5.37. The standard InChI is InChI=1S/C15H20Br2N2O/c1-18-13-3-5-14(6-4-13)19(2)15(20)10-7-11(16)9-12(17)8-10/h7-9,13-14,18H,3-6H2,1-2H3. The first-order chi connectivity index (χ1) is 9.51. The maximum atomic E-state index is 12.6. The number of hydrogen-bond acceptors (Lipinski definition) is 2. The third-order valence-corrected chi connectivity index (χ3v) is 5.00. The van der Waals surface area contributed by atoms with Crippen LogP contribution in [0.2, 0.25) is 0 Å². The minimum Gasteiger partial charge on any atom is -0.339 e. The number of benzene rings is 1. The summed E-state index contributed by atoms with van der Waals surface area (Å²) < 4.78 is 1.84. The van der Waals surface area contributed by atoms with Crippen molar-refractivity contribution in [3.63, 3.8) is 0 Å². The summed E-state index contributed by atoms with van der Waals surface area (Å²) in [6.45, 7) is 0. The number of nitrogens with one attached hydrogen (secondary N) is 1. The van der Waals surface area contributed by atoms with E-state index in [0.717, 1.165) is 40.2 Å². The molecule has 0 saturated heterocycles. The topological polar surface area (TPSA) is 32.3 Å². The monoisotopic (exact) mass is 402 g/mol. The van der Waals surface area contributed by atoms with Gasteiger partial charge in [-0.1, -0.05) is 31.9 Å². The van der Waals surface area contributed by atoms with E-state index in [0.29, 0.717) is 12.1 Å². The smallest absolute Gasteiger partial charge is 0.253 e. The van der Waals surface area contributed by atoms with E-state index in [-0.39, 0.29) is 5.91 Å². The average Bonchev–Trinajstić information content (AvgIpc) is 2.45. The average molecular weight is 404 g/mol. The van der Waals surface area contributed by atoms with Crippen molar-refractivity contribution in [3.05, 3.63) is 32.7 Å². The van der Waals surface area contributed by atoms with Crippen molar-refractivity contribution in [2.24, 2.45) is 0 Å². The van der Waals surface area contributed by atoms with Gasteiger partial charge in [-0.3, -0.25) is 4.79 Å². The normalized spacial score (nSPS) is 22.6. The number of hydrogen-bond donors (Lipinski definition) is 1. The molecule has 2 rings (SSSR count). The largest absolute Gasteiger partial charge is 0.339 e. The molecule has 110 valence electrons. The van der Waals surface area contributed by atoms with Gasteiger partial charge >= 0.3 is 0 Å². The van der Waals surface area contributed by atoms with Gasteiger partial charge in [-0.15, -0.1) is 0 Å². The number of amides is 1. The van der Waals surface area contributed by atoms with Gasteiger partial charge < -0.3 is 10.2 Å². The predicted octanol–water partition coefficient (Wildman–Crippen LogP) is 3.81. The molecule has 0 atom stereocenters. The van der Waals surface area contributed by atoms with Crippen LogP contribution < -0.4 is 5.32 Å². The molecule has 1 aromatic rings. The van der Waals surface area contributed by atoms with Crippen LogP contribution in [-0.4, -0.2) is 37.0 Å². The van der Waals surface area contributed by atoms with Gasteiger partial charge in [0.2, 0.25) is 0 Å². The lowest BCUT2D eigenvalue weighted by Gasteiger charge is -2.34. The summed E-state index contributed by atoms with van der Waals surface area (Å²) in [5, 5.41) is 3.32. The van der Waals surface area contributed by atoms with Gasteiger partial charge in [-0.05, 0) is 50.9 Å². The third kappa shape index (κ3) is 3.83. The summed E-state index contributed by atoms with van der Waals surface area (Å²) in [5.41, 5.74) is 0.726. The molecular weight excluding hydrogens is 384 g/mol. The van der Waals surface area contributed by atoms with E-state index in [2.05, 4.69) is 37.2 Å². The summed E-state index contributed by atoms with van der Waals surface area (Å²) in [5.74, 6) is 0.0971. The Labute approximate surface area is 137 Å². The second-order valence-corrected chi connectivity index (χ2v) is 7.20. The van der Waals surface area contributed by atoms with Crippen LogP contribution in [0.4, 0.5) is 0 Å². The first-order valence-corrected chi connectivity index (χ1v) is 8.50. The van der Waals surface area contributed by atoms with Crippen LogP contribution in [-0.2, 0) is 0 Å². The first-order valence-electron chi connectivity index (χ1n) is 6.91. The quantitative estimate of drug-likeness (QED) is 0.831. The van der Waals surface area contributed by atoms with Gasteiger partial charge in [0.1, 0.15) is 0 Å². The lowest BCUT2D eigenvalue weighted by atomic mass is 9.90. The molecule has 0 bridgehead atoms. The van der Waals surface area contributed by atoms with E-state index in [9.17, 15) is 4.79 Å². The molecule has 1 aromatic carbocycles. The van der Waals surface area contributed by atoms with Crippen LogP contribution in [0.1, 0.15) is 36.0 Å². The molecule has 1 saturated carbocycles. The zero-order chi connectivity index (χ0) is 14.7. The molecule has 1 aliphatic rings. The summed E-state index contributed by atoms with van der Waals surface area (Å²) in [6.07, 6.45) is 4.42. The van der Waals surface area contributed by atoms with Crippen LogP contribution >= 0.6 is 31.9 Å². The minimum atomic E-state index is 0.0971. The highest BCUT2D eigenvalue weighted by Gasteiger charge is 2.26. The first kappa shape index (κ1) is 16.0. The zero-order valence-corrected chi connectivity index (χ0v) is 15.0. The fraction of sp³-hybridized carbons (Fsp3) is 0.533. The molecule has 0 spiro atoms. The molecule has 1 aliphatic carbocycles. The number of rotatable bonds is 3. The molecule has 3 nitrogen and oxygen atoms in total. The molecule has 0 aromatic heterocycles. The highest BCUT2D eigenvalue weighted by molar-refractivity contribution is 9.11. The highest BCUT2D eigenvalue weighted by atomic mass is 79.9. The van der Waals surface area contributed by atoms with Crippen molar-refractivity contribution in [1.29, 1.82) is 0 Å². The summed E-state index contributed by atoms with van der Waals surface area (Å²) in [6, 6.07) is 6.65. The Morgan fingerprint density at radius 2 is 1.70 bits per heavy atom. The molecule has 5 heteroatoms. The molecule has 0 aliphatic heterocycles. The Bertz CT molecular complexity index is 465. The van der Waals surface area contributed by atoms with E-state index in [1.54, 1.807) is 0 Å². The van der Waals surface area contributed by atoms with Gasteiger partial charge in [0, 0.05) is 33.6 Å². The van der Waals surface area contributed by atoms with Crippen LogP contribution in [0.15, 0.2) is 27.1 Å². The van der Waals surface area contributed by atoms with Crippen molar-refractivity contribution < 1.29 is 4.79 Å². The molecular formula is C15H20Br2N2O. The van der Waals surface area contributed by atoms with Gasteiger partial charge in [0.05, 0.1) is 0 Å².